The molecule has 0 aliphatic heterocycles. The summed E-state index contributed by atoms with van der Waals surface area (Å²) in [6.45, 7) is 0. The van der Waals surface area contributed by atoms with E-state index in [4.69, 9.17) is 0 Å². The highest BCUT2D eigenvalue weighted by molar-refractivity contribution is 5.91. The molecule has 0 rings (SSSR count). The number of hydrogen-bond donors (Lipinski definition) is 3. The molecule has 54 valence electrons. The van der Waals surface area contributed by atoms with Gasteiger partial charge >= 0.3 is 12.1 Å². The summed E-state index contributed by atoms with van der Waals surface area (Å²) in [4.78, 5) is 19.2. The predicted octanol–water partition coefficient (Wildman–Crippen LogP) is -2.30. The first-order chi connectivity index (χ1) is 3.13. The van der Waals surface area contributed by atoms with Crippen LogP contribution in [0.25, 0.3) is 0 Å². The number of carbonyl (C=O) groups is 2. The smallest absolute Gasteiger partial charge is 0.320 e. The Morgan fingerprint density at radius 3 is 1.33 bits per heavy atom. The van der Waals surface area contributed by atoms with Crippen molar-refractivity contribution in [2.75, 3.05) is 0 Å². The molecule has 0 fully saturated rings. The molecule has 0 aliphatic rings. The highest BCUT2D eigenvalue weighted by atomic mass is 19.0. The van der Waals surface area contributed by atoms with E-state index in [1.807, 2.05) is 0 Å². The van der Waals surface area contributed by atoms with Crippen LogP contribution in [0.1, 0.15) is 0 Å². The van der Waals surface area contributed by atoms with Gasteiger partial charge in [-0.2, -0.15) is 0 Å². The van der Waals surface area contributed by atoms with Crippen LogP contribution in [-0.4, -0.2) is 20.5 Å². The molecule has 0 aromatic rings. The van der Waals surface area contributed by atoms with Crippen LogP contribution in [-0.2, 0) is 0 Å². The second-order valence-electron chi connectivity index (χ2n) is 0.854. The number of urea groups is 2. The summed E-state index contributed by atoms with van der Waals surface area (Å²) < 4.78 is 0. The van der Waals surface area contributed by atoms with Crippen molar-refractivity contribution in [3.8, 4) is 0 Å². The molecule has 0 heterocycles. The maximum absolute atomic E-state index is 9.62. The maximum atomic E-state index is 9.62. The number of halogens is 1. The molecule has 4 amide bonds. The summed E-state index contributed by atoms with van der Waals surface area (Å²) in [7, 11) is 0. The first kappa shape index (κ1) is 15.6. The number of nitrogens with one attached hydrogen (secondary N) is 1. The Morgan fingerprint density at radius 2 is 1.33 bits per heavy atom. The number of nitrogens with two attached hydrogens (primary N) is 2. The van der Waals surface area contributed by atoms with Crippen LogP contribution < -0.4 is 16.8 Å². The molecule has 0 unspecified atom stereocenters. The molecule has 0 radical (unpaired) electrons. The van der Waals surface area contributed by atoms with E-state index in [2.05, 4.69) is 11.5 Å². The fourth-order valence-corrected chi connectivity index (χ4v) is 0.121. The maximum Gasteiger partial charge on any atom is 0.320 e. The van der Waals surface area contributed by atoms with Crippen molar-refractivity contribution in [1.29, 1.82) is 0 Å². The Labute approximate surface area is 52.7 Å². The van der Waals surface area contributed by atoms with Crippen molar-refractivity contribution in [3.05, 3.63) is 0 Å². The molecule has 5 N–H and O–H groups in total. The van der Waals surface area contributed by atoms with Gasteiger partial charge < -0.3 is 11.5 Å². The van der Waals surface area contributed by atoms with Gasteiger partial charge in [-0.05, 0) is 0 Å². The largest absolute Gasteiger partial charge is 0.351 e. The third-order valence-corrected chi connectivity index (χ3v) is 0.246. The van der Waals surface area contributed by atoms with Crippen molar-refractivity contribution in [2.24, 2.45) is 11.5 Å². The molecule has 0 saturated heterocycles. The van der Waals surface area contributed by atoms with E-state index < -0.39 is 12.1 Å². The molecule has 5 nitrogen and oxygen atoms in total. The zero-order valence-corrected chi connectivity index (χ0v) is 3.88. The van der Waals surface area contributed by atoms with Crippen molar-refractivity contribution in [2.45, 2.75) is 0 Å². The van der Waals surface area contributed by atoms with E-state index in [0.717, 1.165) is 0 Å². The lowest BCUT2D eigenvalue weighted by atomic mass is 10.8. The van der Waals surface area contributed by atoms with E-state index >= 15 is 0 Å². The normalized spacial score (nSPS) is 5.78. The Bertz CT molecular complexity index is 96.0. The van der Waals surface area contributed by atoms with E-state index in [9.17, 15) is 9.59 Å². The third kappa shape index (κ3) is 20.2. The van der Waals surface area contributed by atoms with Crippen LogP contribution in [0, 0.1) is 0 Å². The van der Waals surface area contributed by atoms with Gasteiger partial charge in [-0.3, -0.25) is 10.0 Å². The van der Waals surface area contributed by atoms with Crippen LogP contribution >= 0.6 is 0 Å². The second-order valence-corrected chi connectivity index (χ2v) is 0.854. The highest BCUT2D eigenvalue weighted by Gasteiger charge is 1.92. The molecule has 0 bridgehead atoms. The van der Waals surface area contributed by atoms with Crippen LogP contribution in [0.2, 0.25) is 0 Å². The van der Waals surface area contributed by atoms with Gasteiger partial charge in [0.15, 0.2) is 0 Å². The molecule has 0 aliphatic carbocycles. The van der Waals surface area contributed by atoms with Gasteiger partial charge in [0, 0.05) is 0 Å². The zero-order chi connectivity index (χ0) is 5.86. The quantitative estimate of drug-likeness (QED) is 0.327. The van der Waals surface area contributed by atoms with E-state index in [0.29, 0.717) is 0 Å². The molecule has 0 spiro atoms. The number of rotatable bonds is 0. The van der Waals surface area contributed by atoms with Crippen LogP contribution in [0.5, 0.6) is 0 Å². The summed E-state index contributed by atoms with van der Waals surface area (Å²) >= 11 is 0. The minimum Gasteiger partial charge on any atom is -0.351 e. The van der Waals surface area contributed by atoms with Crippen LogP contribution in [0.4, 0.5) is 14.3 Å². The van der Waals surface area contributed by atoms with Gasteiger partial charge in [0.2, 0.25) is 0 Å². The lowest BCUT2D eigenvalue weighted by molar-refractivity contribution is 0.236. The average molecular weight is 137 g/mol. The molecule has 9 heavy (non-hydrogen) atoms. The van der Waals surface area contributed by atoms with E-state index in [1.165, 1.54) is 0 Å². The molecule has 0 atom stereocenters. The molecule has 0 saturated carbocycles. The summed E-state index contributed by atoms with van der Waals surface area (Å²) in [6, 6.07) is -1.88. The van der Waals surface area contributed by atoms with Gasteiger partial charge in [0.1, 0.15) is 0 Å². The first-order valence-electron chi connectivity index (χ1n) is 1.49. The Hall–Kier alpha value is -1.27. The number of hydrogen-bond acceptors (Lipinski definition) is 2. The standard InChI is InChI=1S/C2H5N3O2.BH3.FH/c3-1(6)5-2(4)7;;/h(H5,3,4,5,6,7);1H3;1H. The summed E-state index contributed by atoms with van der Waals surface area (Å²) in [5.74, 6) is 0. The monoisotopic (exact) mass is 137 g/mol. The first-order valence-corrected chi connectivity index (χ1v) is 1.49. The minimum atomic E-state index is -0.938. The lowest BCUT2D eigenvalue weighted by Gasteiger charge is -1.88. The number of primary amides is 2. The van der Waals surface area contributed by atoms with E-state index in [-0.39, 0.29) is 13.1 Å². The van der Waals surface area contributed by atoms with Gasteiger partial charge in [0.05, 0.1) is 8.41 Å². The molecule has 7 heteroatoms. The second kappa shape index (κ2) is 6.73. The van der Waals surface area contributed by atoms with Gasteiger partial charge in [-0.25, -0.2) is 9.59 Å². The summed E-state index contributed by atoms with van der Waals surface area (Å²) in [5, 5.41) is 1.58. The van der Waals surface area contributed by atoms with Crippen molar-refractivity contribution < 1.29 is 14.3 Å². The fraction of sp³-hybridized carbons (Fsp3) is 0. The Morgan fingerprint density at radius 1 is 1.11 bits per heavy atom. The number of amides is 4. The topological polar surface area (TPSA) is 98.2 Å². The van der Waals surface area contributed by atoms with Crippen molar-refractivity contribution >= 4 is 20.5 Å². The highest BCUT2D eigenvalue weighted by Crippen LogP contribution is 1.51. The third-order valence-electron chi connectivity index (χ3n) is 0.246. The average Bonchev–Trinajstić information content (AvgIpc) is 1.27. The fourth-order valence-electron chi connectivity index (χ4n) is 0.121. The van der Waals surface area contributed by atoms with E-state index in [1.54, 1.807) is 5.32 Å². The number of carbonyl (C=O) groups excluding carboxylic acids is 2. The van der Waals surface area contributed by atoms with Crippen molar-refractivity contribution in [3.63, 3.8) is 0 Å². The predicted molar refractivity (Wildman–Crippen MR) is 34.7 cm³/mol. The molecular weight excluding hydrogens is 128 g/mol. The van der Waals surface area contributed by atoms with Crippen molar-refractivity contribution in [1.82, 2.24) is 5.32 Å². The Balaban J connectivity index is -0.000000180. The molecule has 0 aromatic carbocycles. The minimum absolute atomic E-state index is 0. The summed E-state index contributed by atoms with van der Waals surface area (Å²) in [5.41, 5.74) is 8.88. The lowest BCUT2D eigenvalue weighted by Crippen LogP contribution is -2.38. The zero-order valence-electron chi connectivity index (χ0n) is 3.88. The molecule has 0 aromatic heterocycles. The van der Waals surface area contributed by atoms with Gasteiger partial charge in [-0.15, -0.1) is 0 Å². The molecular formula is C2H9BFN3O2. The SMILES string of the molecule is B.F.NC(=O)NC(N)=O. The summed E-state index contributed by atoms with van der Waals surface area (Å²) in [6.07, 6.45) is 0. The van der Waals surface area contributed by atoms with Crippen LogP contribution in [0.15, 0.2) is 0 Å². The number of imide groups is 1. The Kier molecular flexibility index (Phi) is 11.7. The van der Waals surface area contributed by atoms with Crippen LogP contribution in [0.3, 0.4) is 0 Å². The van der Waals surface area contributed by atoms with Gasteiger partial charge in [-0.1, -0.05) is 0 Å². The van der Waals surface area contributed by atoms with Gasteiger partial charge in [0.25, 0.3) is 0 Å².